The van der Waals surface area contributed by atoms with Crippen LogP contribution in [0.1, 0.15) is 42.0 Å². The van der Waals surface area contributed by atoms with E-state index in [1.54, 1.807) is 13.0 Å². The van der Waals surface area contributed by atoms with Gasteiger partial charge in [0.25, 0.3) is 5.69 Å². The third-order valence-electron chi connectivity index (χ3n) is 6.04. The molecule has 0 radical (unpaired) electrons. The SMILES string of the molecule is Cc1ccc([N+](=O)[O-])c(NC(=O)CN2CCC[C@@H]2c2ccc3c(c2)OCCCO3)c1C. The minimum absolute atomic E-state index is 0.0858. The van der Waals surface area contributed by atoms with Crippen molar-refractivity contribution in [3.05, 3.63) is 57.1 Å². The number of ether oxygens (including phenoxy) is 2. The number of nitrogens with zero attached hydrogens (tertiary/aromatic N) is 2. The normalized spacial score (nSPS) is 18.5. The molecule has 8 heteroatoms. The van der Waals surface area contributed by atoms with Crippen LogP contribution in [-0.2, 0) is 4.79 Å². The molecule has 0 aromatic heterocycles. The Morgan fingerprint density at radius 1 is 1.16 bits per heavy atom. The van der Waals surface area contributed by atoms with Gasteiger partial charge in [-0.3, -0.25) is 19.8 Å². The molecular formula is C23H27N3O5. The Kier molecular flexibility index (Phi) is 6.08. The van der Waals surface area contributed by atoms with Crippen molar-refractivity contribution in [3.8, 4) is 11.5 Å². The zero-order chi connectivity index (χ0) is 22.0. The lowest BCUT2D eigenvalue weighted by Crippen LogP contribution is -2.33. The quantitative estimate of drug-likeness (QED) is 0.571. The Bertz CT molecular complexity index is 1010. The van der Waals surface area contributed by atoms with Crippen LogP contribution in [-0.4, -0.2) is 42.0 Å². The third-order valence-corrected chi connectivity index (χ3v) is 6.04. The van der Waals surface area contributed by atoms with E-state index in [-0.39, 0.29) is 29.9 Å². The maximum atomic E-state index is 12.8. The number of fused-ring (bicyclic) bond motifs is 1. The summed E-state index contributed by atoms with van der Waals surface area (Å²) in [5, 5.41) is 14.2. The van der Waals surface area contributed by atoms with Crippen LogP contribution in [0.4, 0.5) is 11.4 Å². The highest BCUT2D eigenvalue weighted by molar-refractivity contribution is 5.95. The monoisotopic (exact) mass is 425 g/mol. The van der Waals surface area contributed by atoms with Crippen molar-refractivity contribution < 1.29 is 19.2 Å². The fraction of sp³-hybridized carbons (Fsp3) is 0.435. The van der Waals surface area contributed by atoms with Crippen LogP contribution in [0.2, 0.25) is 0 Å². The lowest BCUT2D eigenvalue weighted by molar-refractivity contribution is -0.384. The van der Waals surface area contributed by atoms with Gasteiger partial charge in [-0.15, -0.1) is 0 Å². The number of carbonyl (C=O) groups excluding carboxylic acids is 1. The lowest BCUT2D eigenvalue weighted by atomic mass is 10.0. The standard InChI is InChI=1S/C23H27N3O5/c1-15-6-8-19(26(28)29)23(16(15)2)24-22(27)14-25-10-3-5-18(25)17-7-9-20-21(13-17)31-12-4-11-30-20/h6-9,13,18H,3-5,10-12,14H2,1-2H3,(H,24,27)/t18-/m1/s1. The summed E-state index contributed by atoms with van der Waals surface area (Å²) in [6.45, 7) is 5.89. The number of nitro benzene ring substituents is 1. The Balaban J connectivity index is 1.50. The van der Waals surface area contributed by atoms with Crippen molar-refractivity contribution in [2.45, 2.75) is 39.2 Å². The van der Waals surface area contributed by atoms with Gasteiger partial charge in [-0.25, -0.2) is 0 Å². The summed E-state index contributed by atoms with van der Waals surface area (Å²) in [6.07, 6.45) is 2.77. The molecule has 0 saturated carbocycles. The Morgan fingerprint density at radius 2 is 1.94 bits per heavy atom. The minimum atomic E-state index is -0.460. The molecule has 31 heavy (non-hydrogen) atoms. The maximum Gasteiger partial charge on any atom is 0.293 e. The number of anilines is 1. The van der Waals surface area contributed by atoms with E-state index in [9.17, 15) is 14.9 Å². The van der Waals surface area contributed by atoms with Gasteiger partial charge in [0.15, 0.2) is 11.5 Å². The Morgan fingerprint density at radius 3 is 2.71 bits per heavy atom. The number of carbonyl (C=O) groups is 1. The first-order valence-corrected chi connectivity index (χ1v) is 10.6. The first-order valence-electron chi connectivity index (χ1n) is 10.6. The van der Waals surface area contributed by atoms with E-state index < -0.39 is 4.92 Å². The van der Waals surface area contributed by atoms with Gasteiger partial charge in [0.2, 0.25) is 5.91 Å². The highest BCUT2D eigenvalue weighted by Crippen LogP contribution is 2.38. The van der Waals surface area contributed by atoms with Gasteiger partial charge in [-0.05, 0) is 62.1 Å². The van der Waals surface area contributed by atoms with Gasteiger partial charge >= 0.3 is 0 Å². The second-order valence-electron chi connectivity index (χ2n) is 8.09. The topological polar surface area (TPSA) is 93.9 Å². The summed E-state index contributed by atoms with van der Waals surface area (Å²) >= 11 is 0. The number of likely N-dealkylation sites (tertiary alicyclic amines) is 1. The summed E-state index contributed by atoms with van der Waals surface area (Å²) in [7, 11) is 0. The first kappa shape index (κ1) is 21.1. The van der Waals surface area contributed by atoms with E-state index in [0.717, 1.165) is 48.4 Å². The van der Waals surface area contributed by atoms with Crippen LogP contribution >= 0.6 is 0 Å². The highest BCUT2D eigenvalue weighted by atomic mass is 16.6. The van der Waals surface area contributed by atoms with E-state index in [2.05, 4.69) is 10.2 Å². The molecule has 1 N–H and O–H groups in total. The second-order valence-corrected chi connectivity index (χ2v) is 8.09. The molecule has 1 amide bonds. The number of amides is 1. The largest absolute Gasteiger partial charge is 0.490 e. The smallest absolute Gasteiger partial charge is 0.293 e. The second kappa shape index (κ2) is 8.93. The van der Waals surface area contributed by atoms with Crippen molar-refractivity contribution in [3.63, 3.8) is 0 Å². The van der Waals surface area contributed by atoms with E-state index in [0.29, 0.717) is 18.8 Å². The van der Waals surface area contributed by atoms with Crippen molar-refractivity contribution in [2.24, 2.45) is 0 Å². The van der Waals surface area contributed by atoms with Crippen LogP contribution in [0, 0.1) is 24.0 Å². The molecule has 164 valence electrons. The third kappa shape index (κ3) is 4.49. The zero-order valence-electron chi connectivity index (χ0n) is 17.8. The van der Waals surface area contributed by atoms with Gasteiger partial charge < -0.3 is 14.8 Å². The van der Waals surface area contributed by atoms with Crippen molar-refractivity contribution in [1.82, 2.24) is 4.90 Å². The van der Waals surface area contributed by atoms with E-state index in [1.165, 1.54) is 6.07 Å². The van der Waals surface area contributed by atoms with Crippen LogP contribution < -0.4 is 14.8 Å². The number of nitro groups is 1. The summed E-state index contributed by atoms with van der Waals surface area (Å²) in [5.74, 6) is 1.25. The number of benzene rings is 2. The average Bonchev–Trinajstić information content (AvgIpc) is 3.06. The molecule has 0 aliphatic carbocycles. The van der Waals surface area contributed by atoms with Gasteiger partial charge in [0, 0.05) is 18.5 Å². The highest BCUT2D eigenvalue weighted by Gasteiger charge is 2.29. The van der Waals surface area contributed by atoms with Gasteiger partial charge in [-0.1, -0.05) is 12.1 Å². The molecule has 0 bridgehead atoms. The molecule has 2 aliphatic rings. The number of nitrogens with one attached hydrogen (secondary N) is 1. The summed E-state index contributed by atoms with van der Waals surface area (Å²) in [6, 6.07) is 9.21. The molecular weight excluding hydrogens is 398 g/mol. The van der Waals surface area contributed by atoms with E-state index >= 15 is 0 Å². The molecule has 2 aliphatic heterocycles. The van der Waals surface area contributed by atoms with Crippen LogP contribution in [0.15, 0.2) is 30.3 Å². The molecule has 4 rings (SSSR count). The van der Waals surface area contributed by atoms with Crippen LogP contribution in [0.25, 0.3) is 0 Å². The maximum absolute atomic E-state index is 12.8. The zero-order valence-corrected chi connectivity index (χ0v) is 17.8. The summed E-state index contributed by atoms with van der Waals surface area (Å²) in [5.41, 5.74) is 2.89. The Labute approximate surface area is 181 Å². The molecule has 1 fully saturated rings. The van der Waals surface area contributed by atoms with Gasteiger partial charge in [0.1, 0.15) is 5.69 Å². The summed E-state index contributed by atoms with van der Waals surface area (Å²) < 4.78 is 11.5. The lowest BCUT2D eigenvalue weighted by Gasteiger charge is -2.25. The fourth-order valence-corrected chi connectivity index (χ4v) is 4.25. The van der Waals surface area contributed by atoms with Gasteiger partial charge in [0.05, 0.1) is 24.7 Å². The number of hydrogen-bond donors (Lipinski definition) is 1. The first-order chi connectivity index (χ1) is 14.9. The summed E-state index contributed by atoms with van der Waals surface area (Å²) in [4.78, 5) is 25.9. The van der Waals surface area contributed by atoms with Gasteiger partial charge in [-0.2, -0.15) is 0 Å². The van der Waals surface area contributed by atoms with Crippen LogP contribution in [0.3, 0.4) is 0 Å². The molecule has 1 atom stereocenters. The fourth-order valence-electron chi connectivity index (χ4n) is 4.25. The van der Waals surface area contributed by atoms with Crippen molar-refractivity contribution in [2.75, 3.05) is 31.6 Å². The molecule has 2 aromatic rings. The average molecular weight is 425 g/mol. The number of rotatable bonds is 5. The molecule has 1 saturated heterocycles. The molecule has 2 heterocycles. The molecule has 2 aromatic carbocycles. The molecule has 0 spiro atoms. The van der Waals surface area contributed by atoms with Crippen molar-refractivity contribution in [1.29, 1.82) is 0 Å². The minimum Gasteiger partial charge on any atom is -0.490 e. The predicted molar refractivity (Wildman–Crippen MR) is 117 cm³/mol. The van der Waals surface area contributed by atoms with Crippen LogP contribution in [0.5, 0.6) is 11.5 Å². The van der Waals surface area contributed by atoms with E-state index in [4.69, 9.17) is 9.47 Å². The van der Waals surface area contributed by atoms with Crippen molar-refractivity contribution >= 4 is 17.3 Å². The predicted octanol–water partition coefficient (Wildman–Crippen LogP) is 4.15. The van der Waals surface area contributed by atoms with E-state index in [1.807, 2.05) is 25.1 Å². The molecule has 8 nitrogen and oxygen atoms in total. The number of hydrogen-bond acceptors (Lipinski definition) is 6. The molecule has 0 unspecified atom stereocenters. The Hall–Kier alpha value is -3.13. The number of aryl methyl sites for hydroxylation is 1.